The molecule has 0 heterocycles. The summed E-state index contributed by atoms with van der Waals surface area (Å²) in [6, 6.07) is 13.9. The van der Waals surface area contributed by atoms with E-state index in [1.807, 2.05) is 18.2 Å². The highest BCUT2D eigenvalue weighted by molar-refractivity contribution is 7.98. The van der Waals surface area contributed by atoms with Gasteiger partial charge in [-0.05, 0) is 36.2 Å². The molecule has 3 N–H and O–H groups in total. The molecule has 0 atom stereocenters. The standard InChI is InChI=1S/C15H15ClN2S/c1-10-4-2-3-5-11(10)9-19-12-6-7-13(15(17)18)14(16)8-12/h2-8H,9H2,1H3,(H3,17,18). The van der Waals surface area contributed by atoms with Crippen LogP contribution in [0.2, 0.25) is 5.02 Å². The molecule has 0 aliphatic heterocycles. The van der Waals surface area contributed by atoms with E-state index in [1.165, 1.54) is 11.1 Å². The monoisotopic (exact) mass is 290 g/mol. The minimum Gasteiger partial charge on any atom is -0.384 e. The Kier molecular flexibility index (Phi) is 4.51. The third kappa shape index (κ3) is 3.52. The lowest BCUT2D eigenvalue weighted by atomic mass is 10.1. The van der Waals surface area contributed by atoms with E-state index in [0.29, 0.717) is 10.6 Å². The van der Waals surface area contributed by atoms with Crippen molar-refractivity contribution in [2.24, 2.45) is 5.73 Å². The highest BCUT2D eigenvalue weighted by atomic mass is 35.5. The van der Waals surface area contributed by atoms with Gasteiger partial charge in [0.2, 0.25) is 0 Å². The van der Waals surface area contributed by atoms with E-state index in [0.717, 1.165) is 10.6 Å². The predicted octanol–water partition coefficient (Wildman–Crippen LogP) is 4.22. The number of amidine groups is 1. The van der Waals surface area contributed by atoms with Crippen LogP contribution in [0, 0.1) is 12.3 Å². The number of benzene rings is 2. The fourth-order valence-corrected chi connectivity index (χ4v) is 3.10. The molecular weight excluding hydrogens is 276 g/mol. The van der Waals surface area contributed by atoms with Gasteiger partial charge in [0.1, 0.15) is 5.84 Å². The quantitative estimate of drug-likeness (QED) is 0.503. The summed E-state index contributed by atoms with van der Waals surface area (Å²) in [6.07, 6.45) is 0. The Morgan fingerprint density at radius 2 is 2.00 bits per heavy atom. The molecule has 4 heteroatoms. The zero-order valence-corrected chi connectivity index (χ0v) is 12.2. The molecule has 0 unspecified atom stereocenters. The Morgan fingerprint density at radius 3 is 2.63 bits per heavy atom. The molecule has 2 aromatic rings. The molecule has 98 valence electrons. The molecule has 2 aromatic carbocycles. The Balaban J connectivity index is 2.11. The molecule has 0 saturated heterocycles. The van der Waals surface area contributed by atoms with Gasteiger partial charge in [-0.15, -0.1) is 11.8 Å². The molecule has 0 aliphatic carbocycles. The van der Waals surface area contributed by atoms with Gasteiger partial charge in [-0.2, -0.15) is 0 Å². The normalized spacial score (nSPS) is 10.4. The summed E-state index contributed by atoms with van der Waals surface area (Å²) in [5, 5.41) is 7.93. The molecule has 0 aliphatic rings. The smallest absolute Gasteiger partial charge is 0.124 e. The van der Waals surface area contributed by atoms with Gasteiger partial charge in [0.15, 0.2) is 0 Å². The summed E-state index contributed by atoms with van der Waals surface area (Å²) in [6.45, 7) is 2.11. The van der Waals surface area contributed by atoms with Gasteiger partial charge in [0.25, 0.3) is 0 Å². The molecule has 0 fully saturated rings. The topological polar surface area (TPSA) is 49.9 Å². The maximum Gasteiger partial charge on any atom is 0.124 e. The van der Waals surface area contributed by atoms with Gasteiger partial charge in [-0.1, -0.05) is 35.9 Å². The summed E-state index contributed by atoms with van der Waals surface area (Å²) < 4.78 is 0. The third-order valence-corrected chi connectivity index (χ3v) is 4.24. The van der Waals surface area contributed by atoms with E-state index >= 15 is 0 Å². The van der Waals surface area contributed by atoms with Gasteiger partial charge >= 0.3 is 0 Å². The Morgan fingerprint density at radius 1 is 1.26 bits per heavy atom. The van der Waals surface area contributed by atoms with Crippen LogP contribution in [0.25, 0.3) is 0 Å². The molecule has 0 saturated carbocycles. The zero-order chi connectivity index (χ0) is 13.8. The van der Waals surface area contributed by atoms with Crippen molar-refractivity contribution in [2.45, 2.75) is 17.6 Å². The molecule has 0 aromatic heterocycles. The number of aryl methyl sites for hydroxylation is 1. The van der Waals surface area contributed by atoms with Crippen LogP contribution in [0.4, 0.5) is 0 Å². The number of rotatable bonds is 4. The minimum atomic E-state index is 0.000420. The minimum absolute atomic E-state index is 0.000420. The number of nitrogens with one attached hydrogen (secondary N) is 1. The number of hydrogen-bond acceptors (Lipinski definition) is 2. The molecule has 0 radical (unpaired) electrons. The second-order valence-corrected chi connectivity index (χ2v) is 5.73. The first-order valence-electron chi connectivity index (χ1n) is 5.89. The van der Waals surface area contributed by atoms with E-state index in [9.17, 15) is 0 Å². The average molecular weight is 291 g/mol. The lowest BCUT2D eigenvalue weighted by Gasteiger charge is -2.07. The van der Waals surface area contributed by atoms with E-state index in [-0.39, 0.29) is 5.84 Å². The lowest BCUT2D eigenvalue weighted by molar-refractivity contribution is 1.30. The van der Waals surface area contributed by atoms with Crippen molar-refractivity contribution >= 4 is 29.2 Å². The van der Waals surface area contributed by atoms with Gasteiger partial charge < -0.3 is 5.73 Å². The SMILES string of the molecule is Cc1ccccc1CSc1ccc(C(=N)N)c(Cl)c1. The van der Waals surface area contributed by atoms with Crippen LogP contribution in [0.5, 0.6) is 0 Å². The number of nitrogens with two attached hydrogens (primary N) is 1. The van der Waals surface area contributed by atoms with Gasteiger partial charge in [0, 0.05) is 16.2 Å². The summed E-state index contributed by atoms with van der Waals surface area (Å²) >= 11 is 7.83. The van der Waals surface area contributed by atoms with Crippen LogP contribution in [0.1, 0.15) is 16.7 Å². The Hall–Kier alpha value is -1.45. The van der Waals surface area contributed by atoms with E-state index in [1.54, 1.807) is 17.8 Å². The summed E-state index contributed by atoms with van der Waals surface area (Å²) in [5.41, 5.74) is 8.64. The maximum absolute atomic E-state index is 7.40. The second-order valence-electron chi connectivity index (χ2n) is 4.27. The number of thioether (sulfide) groups is 1. The lowest BCUT2D eigenvalue weighted by Crippen LogP contribution is -2.11. The van der Waals surface area contributed by atoms with Gasteiger partial charge in [-0.25, -0.2) is 0 Å². The van der Waals surface area contributed by atoms with Crippen molar-refractivity contribution in [3.05, 3.63) is 64.2 Å². The predicted molar refractivity (Wildman–Crippen MR) is 83.2 cm³/mol. The van der Waals surface area contributed by atoms with Crippen molar-refractivity contribution in [3.8, 4) is 0 Å². The van der Waals surface area contributed by atoms with Crippen molar-refractivity contribution in [2.75, 3.05) is 0 Å². The van der Waals surface area contributed by atoms with Crippen LogP contribution in [-0.4, -0.2) is 5.84 Å². The van der Waals surface area contributed by atoms with Crippen molar-refractivity contribution in [1.82, 2.24) is 0 Å². The third-order valence-electron chi connectivity index (χ3n) is 2.89. The molecule has 0 bridgehead atoms. The number of nitrogen functional groups attached to an aromatic ring is 1. The van der Waals surface area contributed by atoms with Gasteiger partial charge in [0.05, 0.1) is 5.02 Å². The average Bonchev–Trinajstić information content (AvgIpc) is 2.37. The van der Waals surface area contributed by atoms with Crippen LogP contribution >= 0.6 is 23.4 Å². The van der Waals surface area contributed by atoms with E-state index in [2.05, 4.69) is 25.1 Å². The van der Waals surface area contributed by atoms with Crippen molar-refractivity contribution < 1.29 is 0 Å². The van der Waals surface area contributed by atoms with Crippen LogP contribution in [0.3, 0.4) is 0 Å². The maximum atomic E-state index is 7.40. The molecule has 0 amide bonds. The number of halogens is 1. The van der Waals surface area contributed by atoms with Crippen LogP contribution < -0.4 is 5.73 Å². The van der Waals surface area contributed by atoms with E-state index < -0.39 is 0 Å². The van der Waals surface area contributed by atoms with Gasteiger partial charge in [-0.3, -0.25) is 5.41 Å². The highest BCUT2D eigenvalue weighted by Crippen LogP contribution is 2.28. The largest absolute Gasteiger partial charge is 0.384 e. The fourth-order valence-electron chi connectivity index (χ4n) is 1.74. The summed E-state index contributed by atoms with van der Waals surface area (Å²) in [7, 11) is 0. The van der Waals surface area contributed by atoms with Crippen molar-refractivity contribution in [3.63, 3.8) is 0 Å². The fraction of sp³-hybridized carbons (Fsp3) is 0.133. The molecule has 2 rings (SSSR count). The summed E-state index contributed by atoms with van der Waals surface area (Å²) in [5.74, 6) is 0.906. The molecule has 19 heavy (non-hydrogen) atoms. The Bertz CT molecular complexity index is 611. The zero-order valence-electron chi connectivity index (χ0n) is 10.6. The summed E-state index contributed by atoms with van der Waals surface area (Å²) in [4.78, 5) is 1.08. The Labute approximate surface area is 122 Å². The van der Waals surface area contributed by atoms with Crippen LogP contribution in [0.15, 0.2) is 47.4 Å². The molecule has 0 spiro atoms. The molecule has 2 nitrogen and oxygen atoms in total. The first-order valence-corrected chi connectivity index (χ1v) is 7.25. The van der Waals surface area contributed by atoms with E-state index in [4.69, 9.17) is 22.7 Å². The first-order chi connectivity index (χ1) is 9.08. The van der Waals surface area contributed by atoms with Crippen LogP contribution in [-0.2, 0) is 5.75 Å². The molecular formula is C15H15ClN2S. The number of hydrogen-bond donors (Lipinski definition) is 2. The van der Waals surface area contributed by atoms with Crippen molar-refractivity contribution in [1.29, 1.82) is 5.41 Å². The first kappa shape index (κ1) is 14.0. The highest BCUT2D eigenvalue weighted by Gasteiger charge is 2.05. The second kappa shape index (κ2) is 6.13.